The molecule has 0 aromatic carbocycles. The number of aliphatic hydroxyl groups is 1. The fourth-order valence-corrected chi connectivity index (χ4v) is 1.05. The van der Waals surface area contributed by atoms with Crippen molar-refractivity contribution in [3.8, 4) is 0 Å². The van der Waals surface area contributed by atoms with Crippen LogP contribution in [0.25, 0.3) is 0 Å². The van der Waals surface area contributed by atoms with Gasteiger partial charge in [-0.3, -0.25) is 0 Å². The Balaban J connectivity index is 0.00000169. The molecule has 1 aromatic heterocycles. The molecule has 1 heterocycles. The van der Waals surface area contributed by atoms with Crippen LogP contribution in [0.3, 0.4) is 0 Å². The highest BCUT2D eigenvalue weighted by atomic mass is 79.9. The molecule has 1 atom stereocenters. The van der Waals surface area contributed by atoms with Crippen LogP contribution in [0.5, 0.6) is 0 Å². The SMILES string of the molecule is C=CC[n+]1cnn(C[C@@H](O)CC)c1.[Br-]. The van der Waals surface area contributed by atoms with Crippen LogP contribution in [0.2, 0.25) is 0 Å². The molecule has 0 fully saturated rings. The quantitative estimate of drug-likeness (QED) is 0.458. The van der Waals surface area contributed by atoms with Gasteiger partial charge in [0, 0.05) is 5.10 Å². The third-order valence-corrected chi connectivity index (χ3v) is 1.84. The van der Waals surface area contributed by atoms with E-state index in [-0.39, 0.29) is 23.1 Å². The van der Waals surface area contributed by atoms with E-state index in [1.165, 1.54) is 0 Å². The average Bonchev–Trinajstić information content (AvgIpc) is 2.53. The largest absolute Gasteiger partial charge is 1.00 e. The van der Waals surface area contributed by atoms with Crippen molar-refractivity contribution in [2.45, 2.75) is 32.5 Å². The Labute approximate surface area is 94.6 Å². The van der Waals surface area contributed by atoms with Crippen molar-refractivity contribution in [2.24, 2.45) is 0 Å². The Kier molecular flexibility index (Phi) is 6.40. The maximum absolute atomic E-state index is 9.36. The minimum Gasteiger partial charge on any atom is -1.00 e. The molecule has 14 heavy (non-hydrogen) atoms. The van der Waals surface area contributed by atoms with E-state index in [1.54, 1.807) is 11.0 Å². The summed E-state index contributed by atoms with van der Waals surface area (Å²) in [4.78, 5) is 0. The minimum absolute atomic E-state index is 0. The highest BCUT2D eigenvalue weighted by Crippen LogP contribution is 1.92. The number of hydrogen-bond donors (Lipinski definition) is 1. The smallest absolute Gasteiger partial charge is 0.265 e. The van der Waals surface area contributed by atoms with Crippen molar-refractivity contribution in [1.82, 2.24) is 9.78 Å². The summed E-state index contributed by atoms with van der Waals surface area (Å²) in [6.45, 7) is 6.89. The van der Waals surface area contributed by atoms with E-state index in [9.17, 15) is 5.11 Å². The second-order valence-electron chi connectivity index (χ2n) is 3.02. The zero-order valence-electron chi connectivity index (χ0n) is 8.30. The summed E-state index contributed by atoms with van der Waals surface area (Å²) in [6.07, 6.45) is 5.84. The van der Waals surface area contributed by atoms with E-state index in [2.05, 4.69) is 11.7 Å². The lowest BCUT2D eigenvalue weighted by Gasteiger charge is -2.00. The van der Waals surface area contributed by atoms with E-state index in [0.717, 1.165) is 13.0 Å². The fourth-order valence-electron chi connectivity index (χ4n) is 1.05. The topological polar surface area (TPSA) is 41.9 Å². The van der Waals surface area contributed by atoms with Gasteiger partial charge in [0.2, 0.25) is 6.33 Å². The van der Waals surface area contributed by atoms with Crippen LogP contribution in [0.4, 0.5) is 0 Å². The Hall–Kier alpha value is -0.680. The zero-order chi connectivity index (χ0) is 9.68. The molecule has 0 radical (unpaired) electrons. The first-order valence-corrected chi connectivity index (χ1v) is 4.46. The van der Waals surface area contributed by atoms with Crippen molar-refractivity contribution in [1.29, 1.82) is 0 Å². The lowest BCUT2D eigenvalue weighted by molar-refractivity contribution is -0.687. The Morgan fingerprint density at radius 2 is 2.43 bits per heavy atom. The number of halogens is 1. The van der Waals surface area contributed by atoms with Crippen molar-refractivity contribution in [3.05, 3.63) is 25.3 Å². The lowest BCUT2D eigenvalue weighted by Crippen LogP contribution is -3.00. The molecule has 0 amide bonds. The molecule has 1 N–H and O–H groups in total. The molecular weight excluding hydrogens is 246 g/mol. The van der Waals surface area contributed by atoms with Gasteiger partial charge < -0.3 is 22.1 Å². The van der Waals surface area contributed by atoms with E-state index in [0.29, 0.717) is 6.54 Å². The fraction of sp³-hybridized carbons (Fsp3) is 0.556. The summed E-state index contributed by atoms with van der Waals surface area (Å²) in [7, 11) is 0. The summed E-state index contributed by atoms with van der Waals surface area (Å²) in [5.41, 5.74) is 0. The Morgan fingerprint density at radius 3 is 3.00 bits per heavy atom. The molecule has 0 bridgehead atoms. The zero-order valence-corrected chi connectivity index (χ0v) is 9.89. The summed E-state index contributed by atoms with van der Waals surface area (Å²) in [6, 6.07) is 0. The maximum atomic E-state index is 9.36. The van der Waals surface area contributed by atoms with Crippen molar-refractivity contribution in [2.75, 3.05) is 0 Å². The molecule has 0 unspecified atom stereocenters. The number of nitrogens with zero attached hydrogens (tertiary/aromatic N) is 3. The van der Waals surface area contributed by atoms with Gasteiger partial charge in [0.25, 0.3) is 6.33 Å². The van der Waals surface area contributed by atoms with Crippen molar-refractivity contribution < 1.29 is 26.7 Å². The lowest BCUT2D eigenvalue weighted by atomic mass is 10.3. The molecule has 0 aliphatic rings. The van der Waals surface area contributed by atoms with Gasteiger partial charge in [-0.05, 0) is 6.42 Å². The summed E-state index contributed by atoms with van der Waals surface area (Å²) < 4.78 is 3.65. The second-order valence-corrected chi connectivity index (χ2v) is 3.02. The average molecular weight is 262 g/mol. The van der Waals surface area contributed by atoms with Gasteiger partial charge in [-0.15, -0.1) is 4.68 Å². The number of hydrogen-bond acceptors (Lipinski definition) is 2. The van der Waals surface area contributed by atoms with Crippen LogP contribution in [0, 0.1) is 0 Å². The molecule has 0 saturated heterocycles. The third-order valence-electron chi connectivity index (χ3n) is 1.84. The predicted molar refractivity (Wildman–Crippen MR) is 48.9 cm³/mol. The molecule has 0 spiro atoms. The van der Waals surface area contributed by atoms with Crippen LogP contribution in [-0.4, -0.2) is 21.0 Å². The highest BCUT2D eigenvalue weighted by molar-refractivity contribution is 4.59. The molecular formula is C9H16BrN3O. The first-order chi connectivity index (χ1) is 6.26. The minimum atomic E-state index is -0.308. The van der Waals surface area contributed by atoms with E-state index >= 15 is 0 Å². The number of allylic oxidation sites excluding steroid dienone is 1. The molecule has 1 rings (SSSR count). The first-order valence-electron chi connectivity index (χ1n) is 4.46. The van der Waals surface area contributed by atoms with E-state index in [1.807, 2.05) is 23.9 Å². The highest BCUT2D eigenvalue weighted by Gasteiger charge is 2.09. The van der Waals surface area contributed by atoms with Crippen LogP contribution >= 0.6 is 0 Å². The second kappa shape index (κ2) is 6.73. The molecule has 0 aliphatic carbocycles. The third kappa shape index (κ3) is 4.02. The summed E-state index contributed by atoms with van der Waals surface area (Å²) in [5.74, 6) is 0. The monoisotopic (exact) mass is 261 g/mol. The van der Waals surface area contributed by atoms with Crippen LogP contribution in [-0.2, 0) is 13.1 Å². The molecule has 80 valence electrons. The molecule has 0 saturated carbocycles. The van der Waals surface area contributed by atoms with E-state index < -0.39 is 0 Å². The van der Waals surface area contributed by atoms with Gasteiger partial charge in [0.05, 0.1) is 12.6 Å². The normalized spacial score (nSPS) is 11.9. The molecule has 5 heteroatoms. The van der Waals surface area contributed by atoms with Crippen LogP contribution in [0.15, 0.2) is 25.3 Å². The van der Waals surface area contributed by atoms with Crippen molar-refractivity contribution in [3.63, 3.8) is 0 Å². The van der Waals surface area contributed by atoms with Gasteiger partial charge in [0.1, 0.15) is 6.54 Å². The standard InChI is InChI=1S/C9H16N3O.BrH/c1-3-5-11-7-10-12(8-11)6-9(13)4-2;/h3,7-9,13H,1,4-6H2,2H3;1H/q+1;/p-1/t9-;/m0./s1. The van der Waals surface area contributed by atoms with Gasteiger partial charge in [-0.25, -0.2) is 4.57 Å². The van der Waals surface area contributed by atoms with Crippen molar-refractivity contribution >= 4 is 0 Å². The van der Waals surface area contributed by atoms with Gasteiger partial charge in [-0.2, -0.15) is 0 Å². The Bertz CT molecular complexity index is 275. The molecule has 4 nitrogen and oxygen atoms in total. The first kappa shape index (κ1) is 13.3. The van der Waals surface area contributed by atoms with Gasteiger partial charge in [0.15, 0.2) is 0 Å². The Morgan fingerprint density at radius 1 is 1.71 bits per heavy atom. The summed E-state index contributed by atoms with van der Waals surface area (Å²) in [5, 5.41) is 13.5. The van der Waals surface area contributed by atoms with E-state index in [4.69, 9.17) is 0 Å². The number of aromatic nitrogens is 3. The van der Waals surface area contributed by atoms with Gasteiger partial charge >= 0.3 is 0 Å². The van der Waals surface area contributed by atoms with Gasteiger partial charge in [-0.1, -0.05) is 19.6 Å². The predicted octanol–water partition coefficient (Wildman–Crippen LogP) is -2.87. The van der Waals surface area contributed by atoms with Crippen LogP contribution < -0.4 is 21.5 Å². The van der Waals surface area contributed by atoms with Crippen LogP contribution in [0.1, 0.15) is 13.3 Å². The number of aliphatic hydroxyl groups excluding tert-OH is 1. The summed E-state index contributed by atoms with van der Waals surface area (Å²) >= 11 is 0. The molecule has 0 aliphatic heterocycles. The maximum Gasteiger partial charge on any atom is 0.265 e. The molecule has 1 aromatic rings. The number of rotatable bonds is 5.